The van der Waals surface area contributed by atoms with Crippen molar-refractivity contribution in [1.29, 1.82) is 0 Å². The molecular weight excluding hydrogens is 265 g/mol. The zero-order chi connectivity index (χ0) is 12.4. The van der Waals surface area contributed by atoms with E-state index < -0.39 is 5.97 Å². The van der Waals surface area contributed by atoms with Crippen LogP contribution in [0.4, 0.5) is 0 Å². The Morgan fingerprint density at radius 2 is 2.18 bits per heavy atom. The van der Waals surface area contributed by atoms with Gasteiger partial charge < -0.3 is 9.26 Å². The van der Waals surface area contributed by atoms with Gasteiger partial charge in [-0.3, -0.25) is 0 Å². The van der Waals surface area contributed by atoms with Crippen LogP contribution >= 0.6 is 23.2 Å². The van der Waals surface area contributed by atoms with Crippen molar-refractivity contribution in [3.8, 4) is 11.3 Å². The third-order valence-electron chi connectivity index (χ3n) is 2.12. The van der Waals surface area contributed by atoms with E-state index in [0.717, 1.165) is 0 Å². The second kappa shape index (κ2) is 4.77. The zero-order valence-electron chi connectivity index (χ0n) is 8.74. The molecule has 6 heteroatoms. The Morgan fingerprint density at radius 1 is 1.41 bits per heavy atom. The van der Waals surface area contributed by atoms with Crippen molar-refractivity contribution in [3.05, 3.63) is 40.0 Å². The molecule has 0 bridgehead atoms. The summed E-state index contributed by atoms with van der Waals surface area (Å²) in [4.78, 5) is 11.2. The number of aromatic nitrogens is 1. The fourth-order valence-electron chi connectivity index (χ4n) is 1.30. The first kappa shape index (κ1) is 12.0. The van der Waals surface area contributed by atoms with Crippen molar-refractivity contribution >= 4 is 29.2 Å². The van der Waals surface area contributed by atoms with Gasteiger partial charge >= 0.3 is 5.97 Å². The van der Waals surface area contributed by atoms with Crippen molar-refractivity contribution in [2.24, 2.45) is 0 Å². The summed E-state index contributed by atoms with van der Waals surface area (Å²) in [5.41, 5.74) is 0.653. The number of benzene rings is 1. The van der Waals surface area contributed by atoms with Gasteiger partial charge in [0.2, 0.25) is 0 Å². The Morgan fingerprint density at radius 3 is 2.88 bits per heavy atom. The molecule has 0 aliphatic rings. The maximum absolute atomic E-state index is 11.2. The highest BCUT2D eigenvalue weighted by atomic mass is 35.5. The van der Waals surface area contributed by atoms with E-state index in [-0.39, 0.29) is 5.69 Å². The first-order valence-corrected chi connectivity index (χ1v) is 5.38. The molecule has 0 saturated carbocycles. The number of ether oxygens (including phenoxy) is 1. The molecule has 4 nitrogen and oxygen atoms in total. The number of rotatable bonds is 2. The minimum atomic E-state index is -0.571. The Kier molecular flexibility index (Phi) is 3.36. The van der Waals surface area contributed by atoms with Gasteiger partial charge in [0.05, 0.1) is 17.2 Å². The number of carbonyl (C=O) groups is 1. The van der Waals surface area contributed by atoms with Crippen LogP contribution in [0.15, 0.2) is 28.8 Å². The van der Waals surface area contributed by atoms with Crippen molar-refractivity contribution in [2.75, 3.05) is 7.11 Å². The van der Waals surface area contributed by atoms with Crippen LogP contribution < -0.4 is 0 Å². The predicted octanol–water partition coefficient (Wildman–Crippen LogP) is 3.44. The molecule has 17 heavy (non-hydrogen) atoms. The van der Waals surface area contributed by atoms with Gasteiger partial charge in [-0.15, -0.1) is 0 Å². The Hall–Kier alpha value is -1.52. The molecule has 0 aliphatic heterocycles. The predicted molar refractivity (Wildman–Crippen MR) is 63.3 cm³/mol. The van der Waals surface area contributed by atoms with Crippen LogP contribution in [0.3, 0.4) is 0 Å². The zero-order valence-corrected chi connectivity index (χ0v) is 10.2. The summed E-state index contributed by atoms with van der Waals surface area (Å²) in [5, 5.41) is 4.33. The molecule has 0 N–H and O–H groups in total. The fraction of sp³-hybridized carbons (Fsp3) is 0.0909. The first-order chi connectivity index (χ1) is 8.13. The molecule has 2 aromatic rings. The highest BCUT2D eigenvalue weighted by molar-refractivity contribution is 6.43. The molecule has 1 heterocycles. The molecule has 0 unspecified atom stereocenters. The standard InChI is InChI=1S/C11H7Cl2NO3/c1-16-11(15)8-5-9(17-14-8)6-3-2-4-7(12)10(6)13/h2-5H,1H3. The summed E-state index contributed by atoms with van der Waals surface area (Å²) >= 11 is 11.9. The summed E-state index contributed by atoms with van der Waals surface area (Å²) in [7, 11) is 1.27. The molecule has 0 saturated heterocycles. The SMILES string of the molecule is COC(=O)c1cc(-c2cccc(Cl)c2Cl)on1. The molecule has 1 aromatic heterocycles. The number of halogens is 2. The molecule has 2 rings (SSSR count). The third kappa shape index (κ3) is 2.28. The highest BCUT2D eigenvalue weighted by Crippen LogP contribution is 2.33. The lowest BCUT2D eigenvalue weighted by molar-refractivity contribution is 0.0589. The maximum atomic E-state index is 11.2. The molecule has 0 atom stereocenters. The van der Waals surface area contributed by atoms with Gasteiger partial charge in [-0.25, -0.2) is 4.79 Å². The second-order valence-corrected chi connectivity index (χ2v) is 3.95. The number of nitrogens with zero attached hydrogens (tertiary/aromatic N) is 1. The quantitative estimate of drug-likeness (QED) is 0.786. The maximum Gasteiger partial charge on any atom is 0.360 e. The summed E-state index contributed by atoms with van der Waals surface area (Å²) in [6.07, 6.45) is 0. The van der Waals surface area contributed by atoms with Crippen molar-refractivity contribution in [3.63, 3.8) is 0 Å². The van der Waals surface area contributed by atoms with E-state index in [4.69, 9.17) is 27.7 Å². The van der Waals surface area contributed by atoms with Gasteiger partial charge in [-0.2, -0.15) is 0 Å². The molecule has 1 aromatic carbocycles. The largest absolute Gasteiger partial charge is 0.464 e. The van der Waals surface area contributed by atoms with Crippen molar-refractivity contribution in [1.82, 2.24) is 5.16 Å². The summed E-state index contributed by atoms with van der Waals surface area (Å²) in [5.74, 6) is -0.212. The number of hydrogen-bond acceptors (Lipinski definition) is 4. The van der Waals surface area contributed by atoms with Crippen LogP contribution in [-0.4, -0.2) is 18.2 Å². The van der Waals surface area contributed by atoms with Crippen LogP contribution in [0.25, 0.3) is 11.3 Å². The molecule has 88 valence electrons. The van der Waals surface area contributed by atoms with E-state index in [1.54, 1.807) is 18.2 Å². The van der Waals surface area contributed by atoms with E-state index in [1.165, 1.54) is 13.2 Å². The van der Waals surface area contributed by atoms with E-state index in [2.05, 4.69) is 9.89 Å². The summed E-state index contributed by atoms with van der Waals surface area (Å²) in [6.45, 7) is 0. The topological polar surface area (TPSA) is 52.3 Å². The normalized spacial score (nSPS) is 10.3. The number of carbonyl (C=O) groups excluding carboxylic acids is 1. The Balaban J connectivity index is 2.44. The smallest absolute Gasteiger partial charge is 0.360 e. The first-order valence-electron chi connectivity index (χ1n) is 4.63. The monoisotopic (exact) mass is 271 g/mol. The lowest BCUT2D eigenvalue weighted by atomic mass is 10.1. The van der Waals surface area contributed by atoms with Crippen molar-refractivity contribution < 1.29 is 14.1 Å². The third-order valence-corrected chi connectivity index (χ3v) is 2.94. The number of esters is 1. The molecule has 0 fully saturated rings. The minimum absolute atomic E-state index is 0.0820. The van der Waals surface area contributed by atoms with Gasteiger partial charge in [0.1, 0.15) is 0 Å². The van der Waals surface area contributed by atoms with Crippen LogP contribution in [0.2, 0.25) is 10.0 Å². The van der Waals surface area contributed by atoms with E-state index in [1.807, 2.05) is 0 Å². The molecule has 0 radical (unpaired) electrons. The molecule has 0 spiro atoms. The average molecular weight is 272 g/mol. The Bertz CT molecular complexity index is 566. The summed E-state index contributed by atoms with van der Waals surface area (Å²) in [6, 6.07) is 6.55. The van der Waals surface area contributed by atoms with Crippen LogP contribution in [0.5, 0.6) is 0 Å². The van der Waals surface area contributed by atoms with Gasteiger partial charge in [0.15, 0.2) is 11.5 Å². The highest BCUT2D eigenvalue weighted by Gasteiger charge is 2.16. The van der Waals surface area contributed by atoms with Crippen LogP contribution in [0.1, 0.15) is 10.5 Å². The second-order valence-electron chi connectivity index (χ2n) is 3.17. The average Bonchev–Trinajstić information content (AvgIpc) is 2.81. The number of hydrogen-bond donors (Lipinski definition) is 0. The molecular formula is C11H7Cl2NO3. The van der Waals surface area contributed by atoms with E-state index >= 15 is 0 Å². The van der Waals surface area contributed by atoms with Gasteiger partial charge in [0.25, 0.3) is 0 Å². The lowest BCUT2D eigenvalue weighted by Gasteiger charge is -2.00. The van der Waals surface area contributed by atoms with E-state index in [0.29, 0.717) is 21.4 Å². The van der Waals surface area contributed by atoms with Crippen LogP contribution in [-0.2, 0) is 4.74 Å². The summed E-state index contributed by atoms with van der Waals surface area (Å²) < 4.78 is 9.53. The Labute approximate surface area is 107 Å². The minimum Gasteiger partial charge on any atom is -0.464 e. The van der Waals surface area contributed by atoms with Gasteiger partial charge in [-0.05, 0) is 12.1 Å². The number of methoxy groups -OCH3 is 1. The lowest BCUT2D eigenvalue weighted by Crippen LogP contribution is -2.00. The molecule has 0 amide bonds. The van der Waals surface area contributed by atoms with Gasteiger partial charge in [-0.1, -0.05) is 34.4 Å². The van der Waals surface area contributed by atoms with E-state index in [9.17, 15) is 4.79 Å². The van der Waals surface area contributed by atoms with Gasteiger partial charge in [0, 0.05) is 11.6 Å². The van der Waals surface area contributed by atoms with Crippen LogP contribution in [0, 0.1) is 0 Å². The fourth-order valence-corrected chi connectivity index (χ4v) is 1.69. The van der Waals surface area contributed by atoms with Crippen molar-refractivity contribution in [2.45, 2.75) is 0 Å². The molecule has 0 aliphatic carbocycles.